The van der Waals surface area contributed by atoms with Gasteiger partial charge >= 0.3 is 0 Å². The molecule has 0 fully saturated rings. The molecule has 7 heteroatoms. The molecule has 0 aliphatic rings. The Morgan fingerprint density at radius 1 is 1.14 bits per heavy atom. The third kappa shape index (κ3) is 5.81. The first-order valence-corrected chi connectivity index (χ1v) is 8.47. The Balaban J connectivity index is 2.66. The number of nitro benzene ring substituents is 1. The first-order chi connectivity index (χ1) is 9.72. The topological polar surface area (TPSA) is 89.3 Å². The van der Waals surface area contributed by atoms with Gasteiger partial charge < -0.3 is 0 Å². The van der Waals surface area contributed by atoms with Gasteiger partial charge in [-0.05, 0) is 31.4 Å². The van der Waals surface area contributed by atoms with Crippen molar-refractivity contribution in [2.24, 2.45) is 5.92 Å². The summed E-state index contributed by atoms with van der Waals surface area (Å²) in [5.41, 5.74) is -0.126. The van der Waals surface area contributed by atoms with E-state index in [1.807, 2.05) is 6.92 Å². The summed E-state index contributed by atoms with van der Waals surface area (Å²) >= 11 is 0. The molecule has 1 aromatic rings. The minimum atomic E-state index is -3.63. The summed E-state index contributed by atoms with van der Waals surface area (Å²) in [6, 6.07) is 4.72. The van der Waals surface area contributed by atoms with Crippen LogP contribution in [0.2, 0.25) is 0 Å². The van der Waals surface area contributed by atoms with Gasteiger partial charge in [0.05, 0.1) is 9.82 Å². The molecule has 6 nitrogen and oxygen atoms in total. The molecule has 0 aliphatic heterocycles. The van der Waals surface area contributed by atoms with Crippen molar-refractivity contribution in [1.82, 2.24) is 4.72 Å². The summed E-state index contributed by atoms with van der Waals surface area (Å²) in [7, 11) is -3.63. The van der Waals surface area contributed by atoms with E-state index in [9.17, 15) is 18.5 Å². The average molecular weight is 314 g/mol. The predicted octanol–water partition coefficient (Wildman–Crippen LogP) is 3.09. The maximum atomic E-state index is 12.1. The van der Waals surface area contributed by atoms with Gasteiger partial charge in [-0.3, -0.25) is 10.1 Å². The van der Waals surface area contributed by atoms with Gasteiger partial charge in [-0.15, -0.1) is 0 Å². The van der Waals surface area contributed by atoms with E-state index >= 15 is 0 Å². The van der Waals surface area contributed by atoms with Crippen molar-refractivity contribution in [2.45, 2.75) is 51.0 Å². The molecule has 1 atom stereocenters. The van der Waals surface area contributed by atoms with Crippen molar-refractivity contribution < 1.29 is 13.3 Å². The number of hydrogen-bond acceptors (Lipinski definition) is 4. The molecule has 1 rings (SSSR count). The second kappa shape index (κ2) is 7.51. The molecule has 0 amide bonds. The third-order valence-corrected chi connectivity index (χ3v) is 4.74. The predicted molar refractivity (Wildman–Crippen MR) is 81.6 cm³/mol. The van der Waals surface area contributed by atoms with E-state index < -0.39 is 14.9 Å². The fraction of sp³-hybridized carbons (Fsp3) is 0.571. The summed E-state index contributed by atoms with van der Waals surface area (Å²) in [6.45, 7) is 6.08. The summed E-state index contributed by atoms with van der Waals surface area (Å²) in [6.07, 6.45) is 2.79. The Bertz CT molecular complexity index is 567. The summed E-state index contributed by atoms with van der Waals surface area (Å²) in [5, 5.41) is 10.6. The highest BCUT2D eigenvalue weighted by atomic mass is 32.2. The highest BCUT2D eigenvalue weighted by Gasteiger charge is 2.18. The highest BCUT2D eigenvalue weighted by Crippen LogP contribution is 2.17. The van der Waals surface area contributed by atoms with Crippen LogP contribution < -0.4 is 4.72 Å². The van der Waals surface area contributed by atoms with Crippen molar-refractivity contribution >= 4 is 15.7 Å². The van der Waals surface area contributed by atoms with Crippen molar-refractivity contribution in [3.63, 3.8) is 0 Å². The first kappa shape index (κ1) is 17.6. The monoisotopic (exact) mass is 314 g/mol. The largest absolute Gasteiger partial charge is 0.269 e. The molecule has 21 heavy (non-hydrogen) atoms. The van der Waals surface area contributed by atoms with Crippen LogP contribution in [0.5, 0.6) is 0 Å². The van der Waals surface area contributed by atoms with Crippen LogP contribution in [0, 0.1) is 16.0 Å². The molecule has 0 bridgehead atoms. The van der Waals surface area contributed by atoms with Gasteiger partial charge in [0.1, 0.15) is 0 Å². The Morgan fingerprint density at radius 3 is 2.19 bits per heavy atom. The quantitative estimate of drug-likeness (QED) is 0.590. The van der Waals surface area contributed by atoms with E-state index in [2.05, 4.69) is 18.6 Å². The van der Waals surface area contributed by atoms with Crippen LogP contribution >= 0.6 is 0 Å². The zero-order valence-electron chi connectivity index (χ0n) is 12.6. The average Bonchev–Trinajstić information content (AvgIpc) is 2.37. The fourth-order valence-corrected chi connectivity index (χ4v) is 3.25. The van der Waals surface area contributed by atoms with E-state index in [0.717, 1.165) is 19.3 Å². The molecular formula is C14H22N2O4S. The lowest BCUT2D eigenvalue weighted by atomic mass is 10.0. The maximum Gasteiger partial charge on any atom is 0.269 e. The van der Waals surface area contributed by atoms with E-state index in [1.165, 1.54) is 24.3 Å². The molecule has 0 unspecified atom stereocenters. The lowest BCUT2D eigenvalue weighted by molar-refractivity contribution is -0.384. The molecule has 118 valence electrons. The van der Waals surface area contributed by atoms with Crippen LogP contribution in [-0.4, -0.2) is 19.4 Å². The molecule has 0 saturated heterocycles. The van der Waals surface area contributed by atoms with Gasteiger partial charge in [0.2, 0.25) is 10.0 Å². The molecule has 1 aromatic carbocycles. The van der Waals surface area contributed by atoms with Crippen molar-refractivity contribution in [1.29, 1.82) is 0 Å². The van der Waals surface area contributed by atoms with E-state index in [4.69, 9.17) is 0 Å². The number of nitrogens with one attached hydrogen (secondary N) is 1. The van der Waals surface area contributed by atoms with Crippen LogP contribution in [0.3, 0.4) is 0 Å². The number of nitro groups is 1. The number of benzene rings is 1. The minimum absolute atomic E-state index is 0.0452. The van der Waals surface area contributed by atoms with Gasteiger partial charge in [0.25, 0.3) is 5.69 Å². The summed E-state index contributed by atoms with van der Waals surface area (Å²) in [4.78, 5) is 10.0. The van der Waals surface area contributed by atoms with Crippen LogP contribution in [0.4, 0.5) is 5.69 Å². The zero-order chi connectivity index (χ0) is 16.0. The number of non-ortho nitro benzene ring substituents is 1. The molecule has 1 N–H and O–H groups in total. The number of hydrogen-bond donors (Lipinski definition) is 1. The van der Waals surface area contributed by atoms with Gasteiger partial charge in [-0.25, -0.2) is 13.1 Å². The summed E-state index contributed by atoms with van der Waals surface area (Å²) < 4.78 is 26.9. The number of nitrogens with zero attached hydrogens (tertiary/aromatic N) is 1. The standard InChI is InChI=1S/C14H22N2O4S/c1-11(2)5-4-6-12(3)15-21(19,20)14-9-7-13(8-10-14)16(17)18/h7-12,15H,4-6H2,1-3H3/t12-/m0/s1. The van der Waals surface area contributed by atoms with Crippen molar-refractivity contribution in [3.8, 4) is 0 Å². The molecular weight excluding hydrogens is 292 g/mol. The molecule has 0 aromatic heterocycles. The molecule has 0 radical (unpaired) electrons. The molecule has 0 heterocycles. The number of sulfonamides is 1. The highest BCUT2D eigenvalue weighted by molar-refractivity contribution is 7.89. The van der Waals surface area contributed by atoms with Crippen molar-refractivity contribution in [2.75, 3.05) is 0 Å². The van der Waals surface area contributed by atoms with Gasteiger partial charge in [-0.2, -0.15) is 0 Å². The fourth-order valence-electron chi connectivity index (χ4n) is 1.97. The Kier molecular flexibility index (Phi) is 6.29. The second-order valence-electron chi connectivity index (χ2n) is 5.60. The van der Waals surface area contributed by atoms with Crippen molar-refractivity contribution in [3.05, 3.63) is 34.4 Å². The second-order valence-corrected chi connectivity index (χ2v) is 7.31. The lowest BCUT2D eigenvalue weighted by Gasteiger charge is -2.14. The van der Waals surface area contributed by atoms with E-state index in [-0.39, 0.29) is 16.6 Å². The smallest absolute Gasteiger partial charge is 0.258 e. The normalized spacial score (nSPS) is 13.3. The molecule has 0 saturated carbocycles. The zero-order valence-corrected chi connectivity index (χ0v) is 13.4. The van der Waals surface area contributed by atoms with E-state index in [1.54, 1.807) is 0 Å². The SMILES string of the molecule is CC(C)CCC[C@H](C)NS(=O)(=O)c1ccc([N+](=O)[O-])cc1. The minimum Gasteiger partial charge on any atom is -0.258 e. The summed E-state index contributed by atoms with van der Waals surface area (Å²) in [5.74, 6) is 0.600. The Hall–Kier alpha value is -1.47. The molecule has 0 aliphatic carbocycles. The van der Waals surface area contributed by atoms with Gasteiger partial charge in [0.15, 0.2) is 0 Å². The first-order valence-electron chi connectivity index (χ1n) is 6.99. The Labute approximate surface area is 125 Å². The van der Waals surface area contributed by atoms with E-state index in [0.29, 0.717) is 5.92 Å². The number of rotatable bonds is 8. The van der Waals surface area contributed by atoms with Crippen LogP contribution in [0.25, 0.3) is 0 Å². The lowest BCUT2D eigenvalue weighted by Crippen LogP contribution is -2.32. The van der Waals surface area contributed by atoms with Crippen LogP contribution in [0.1, 0.15) is 40.0 Å². The van der Waals surface area contributed by atoms with Gasteiger partial charge in [-0.1, -0.05) is 26.7 Å². The maximum absolute atomic E-state index is 12.1. The van der Waals surface area contributed by atoms with Crippen LogP contribution in [-0.2, 0) is 10.0 Å². The van der Waals surface area contributed by atoms with Gasteiger partial charge in [0, 0.05) is 18.2 Å². The molecule has 0 spiro atoms. The third-order valence-electron chi connectivity index (χ3n) is 3.13. The Morgan fingerprint density at radius 2 is 1.71 bits per heavy atom. The van der Waals surface area contributed by atoms with Crippen LogP contribution in [0.15, 0.2) is 29.2 Å².